The number of carbonyl (C=O) groups is 1. The van der Waals surface area contributed by atoms with Gasteiger partial charge in [0.1, 0.15) is 5.82 Å². The first-order valence-corrected chi connectivity index (χ1v) is 20.7. The summed E-state index contributed by atoms with van der Waals surface area (Å²) >= 11 is 10.4. The number of piperidine rings is 1. The normalized spacial score (nSPS) is 15.6. The Balaban J connectivity index is 0.000000316. The average molecular weight is 741 g/mol. The molecule has 2 aliphatic rings. The summed E-state index contributed by atoms with van der Waals surface area (Å²) in [5.74, 6) is 0.981. The minimum atomic E-state index is -0.0970. The molecule has 0 aliphatic carbocycles. The second kappa shape index (κ2) is 23.6. The van der Waals surface area contributed by atoms with Crippen molar-refractivity contribution < 1.29 is 4.79 Å². The Morgan fingerprint density at radius 3 is 2.16 bits per heavy atom. The molecule has 1 atom stereocenters. The Bertz CT molecular complexity index is 1470. The molecule has 1 unspecified atom stereocenters. The number of aromatic nitrogens is 3. The molecule has 2 aromatic heterocycles. The van der Waals surface area contributed by atoms with Crippen LogP contribution in [-0.4, -0.2) is 45.0 Å². The molecule has 4 heterocycles. The van der Waals surface area contributed by atoms with Gasteiger partial charge < -0.3 is 20.3 Å². The third-order valence-corrected chi connectivity index (χ3v) is 10.3. The highest BCUT2D eigenvalue weighted by molar-refractivity contribution is 7.81. The lowest BCUT2D eigenvalue weighted by Gasteiger charge is -2.35. The zero-order valence-electron chi connectivity index (χ0n) is 32.1. The maximum absolute atomic E-state index is 13.5. The predicted octanol–water partition coefficient (Wildman–Crippen LogP) is 11.5. The van der Waals surface area contributed by atoms with Crippen LogP contribution in [0.1, 0.15) is 164 Å². The quantitative estimate of drug-likeness (QED) is 0.0943. The number of allylic oxidation sites excluding steroid dienone is 1. The summed E-state index contributed by atoms with van der Waals surface area (Å²) in [6.45, 7) is 14.9. The van der Waals surface area contributed by atoms with Crippen molar-refractivity contribution in [2.24, 2.45) is 5.73 Å². The second-order valence-corrected chi connectivity index (χ2v) is 14.6. The number of hydrogen-bond donors (Lipinski definition) is 3. The predicted molar refractivity (Wildman–Crippen MR) is 221 cm³/mol. The summed E-state index contributed by atoms with van der Waals surface area (Å²) in [4.78, 5) is 22.7. The molecule has 3 aromatic rings. The third-order valence-electron chi connectivity index (χ3n) is 9.82. The number of anilines is 2. The molecule has 1 aromatic carbocycles. The minimum absolute atomic E-state index is 0.0623. The van der Waals surface area contributed by atoms with Crippen molar-refractivity contribution >= 4 is 47.5 Å². The Labute approximate surface area is 319 Å². The van der Waals surface area contributed by atoms with Gasteiger partial charge >= 0.3 is 0 Å². The highest BCUT2D eigenvalue weighted by atomic mass is 35.5. The molecule has 2 saturated heterocycles. The number of benzene rings is 1. The number of halogens is 1. The van der Waals surface area contributed by atoms with Crippen LogP contribution in [0.5, 0.6) is 0 Å². The molecule has 284 valence electrons. The number of hydrogen-bond acceptors (Lipinski definition) is 7. The highest BCUT2D eigenvalue weighted by Gasteiger charge is 2.32. The zero-order valence-corrected chi connectivity index (χ0v) is 33.7. The standard InChI is InChI=1S/C23H27ClN6OS.C16H33N.C2H6/c1-15-14-30-21(25-22(15)28-9-4-5-10-28)13-19(26-30)20-6-2-3-11-29(20)23(31)17-12-16(24)7-8-18(17)27-32;1-3-4-5-6-7-8-9-10-11-12-13-14-15-16(2)17;1-2/h7-8,12-14,20,27,32H,2-6,9-11H2,1H3;2-15,17H2,1H3;1-2H3. The molecule has 0 spiro atoms. The molecule has 3 N–H and O–H groups in total. The maximum Gasteiger partial charge on any atom is 0.256 e. The molecule has 10 heteroatoms. The van der Waals surface area contributed by atoms with Crippen molar-refractivity contribution in [2.75, 3.05) is 29.3 Å². The van der Waals surface area contributed by atoms with Gasteiger partial charge in [0.2, 0.25) is 0 Å². The van der Waals surface area contributed by atoms with Gasteiger partial charge in [-0.05, 0) is 70.1 Å². The summed E-state index contributed by atoms with van der Waals surface area (Å²) < 4.78 is 4.66. The lowest BCUT2D eigenvalue weighted by atomic mass is 9.98. The Kier molecular flexibility index (Phi) is 19.7. The number of aryl methyl sites for hydroxylation is 1. The van der Waals surface area contributed by atoms with E-state index in [4.69, 9.17) is 27.4 Å². The monoisotopic (exact) mass is 739 g/mol. The molecular weight excluding hydrogens is 674 g/mol. The van der Waals surface area contributed by atoms with E-state index in [-0.39, 0.29) is 11.9 Å². The molecule has 51 heavy (non-hydrogen) atoms. The van der Waals surface area contributed by atoms with E-state index < -0.39 is 0 Å². The van der Waals surface area contributed by atoms with Gasteiger partial charge in [0.05, 0.1) is 23.0 Å². The fourth-order valence-electron chi connectivity index (χ4n) is 7.05. The van der Waals surface area contributed by atoms with E-state index in [1.165, 1.54) is 89.9 Å². The van der Waals surface area contributed by atoms with Crippen LogP contribution >= 0.6 is 24.4 Å². The van der Waals surface area contributed by atoms with E-state index >= 15 is 0 Å². The number of rotatable bonds is 17. The maximum atomic E-state index is 13.5. The molecule has 0 saturated carbocycles. The van der Waals surface area contributed by atoms with Crippen LogP contribution in [0.2, 0.25) is 5.02 Å². The highest BCUT2D eigenvalue weighted by Crippen LogP contribution is 2.34. The third kappa shape index (κ3) is 13.5. The number of fused-ring (bicyclic) bond motifs is 1. The van der Waals surface area contributed by atoms with E-state index in [2.05, 4.69) is 42.9 Å². The molecule has 8 nitrogen and oxygen atoms in total. The van der Waals surface area contributed by atoms with Crippen LogP contribution in [0.3, 0.4) is 0 Å². The van der Waals surface area contributed by atoms with Crippen LogP contribution in [0.4, 0.5) is 11.5 Å². The summed E-state index contributed by atoms with van der Waals surface area (Å²) in [5.41, 5.74) is 10.4. The van der Waals surface area contributed by atoms with E-state index in [0.717, 1.165) is 67.2 Å². The number of thiol groups is 1. The fraction of sp³-hybridized carbons (Fsp3) is 0.634. The van der Waals surface area contributed by atoms with E-state index in [1.807, 2.05) is 35.5 Å². The SMILES string of the molecule is C=C(N)CCCCCCCCCCCCCC.CC.Cc1cn2nc(C3CCCCN3C(=O)c3cc(Cl)ccc3NS)cc2nc1N1CCCC1. The van der Waals surface area contributed by atoms with Gasteiger partial charge in [-0.1, -0.05) is 122 Å². The first-order chi connectivity index (χ1) is 24.8. The van der Waals surface area contributed by atoms with Gasteiger partial charge in [-0.25, -0.2) is 9.50 Å². The van der Waals surface area contributed by atoms with Gasteiger partial charge in [0.15, 0.2) is 5.65 Å². The van der Waals surface area contributed by atoms with Crippen molar-refractivity contribution in [1.29, 1.82) is 0 Å². The van der Waals surface area contributed by atoms with Crippen LogP contribution in [0.25, 0.3) is 5.65 Å². The van der Waals surface area contributed by atoms with Gasteiger partial charge in [-0.15, -0.1) is 0 Å². The summed E-state index contributed by atoms with van der Waals surface area (Å²) in [7, 11) is 0. The van der Waals surface area contributed by atoms with Gasteiger partial charge in [0.25, 0.3) is 5.91 Å². The molecule has 1 amide bonds. The molecule has 0 bridgehead atoms. The second-order valence-electron chi connectivity index (χ2n) is 13.9. The van der Waals surface area contributed by atoms with Crippen molar-refractivity contribution in [2.45, 2.75) is 149 Å². The summed E-state index contributed by atoms with van der Waals surface area (Å²) in [6, 6.07) is 7.16. The number of carbonyl (C=O) groups excluding carboxylic acids is 1. The van der Waals surface area contributed by atoms with E-state index in [9.17, 15) is 4.79 Å². The molecular formula is C41H66ClN7OS. The average Bonchev–Trinajstić information content (AvgIpc) is 3.83. The number of nitrogens with two attached hydrogens (primary N) is 1. The molecule has 5 rings (SSSR count). The van der Waals surface area contributed by atoms with Gasteiger partial charge in [0, 0.05) is 48.2 Å². The summed E-state index contributed by atoms with van der Waals surface area (Å²) in [6.07, 6.45) is 25.2. The summed E-state index contributed by atoms with van der Waals surface area (Å²) in [5, 5.41) is 5.36. The molecule has 2 aliphatic heterocycles. The van der Waals surface area contributed by atoms with Crippen molar-refractivity contribution in [3.63, 3.8) is 0 Å². The minimum Gasteiger partial charge on any atom is -0.403 e. The van der Waals surface area contributed by atoms with E-state index in [1.54, 1.807) is 18.2 Å². The topological polar surface area (TPSA) is 91.8 Å². The molecule has 0 radical (unpaired) electrons. The number of nitrogens with zero attached hydrogens (tertiary/aromatic N) is 5. The van der Waals surface area contributed by atoms with Crippen molar-refractivity contribution in [3.05, 3.63) is 64.6 Å². The molecule has 2 fully saturated rings. The van der Waals surface area contributed by atoms with Crippen molar-refractivity contribution in [1.82, 2.24) is 19.5 Å². The van der Waals surface area contributed by atoms with E-state index in [0.29, 0.717) is 22.8 Å². The number of nitrogens with one attached hydrogen (secondary N) is 1. The Morgan fingerprint density at radius 1 is 0.941 bits per heavy atom. The largest absolute Gasteiger partial charge is 0.403 e. The fourth-order valence-corrected chi connectivity index (χ4v) is 7.42. The number of amides is 1. The Hall–Kier alpha value is -2.91. The lowest BCUT2D eigenvalue weighted by Crippen LogP contribution is -2.39. The smallest absolute Gasteiger partial charge is 0.256 e. The first-order valence-electron chi connectivity index (χ1n) is 19.9. The Morgan fingerprint density at radius 2 is 1.55 bits per heavy atom. The van der Waals surface area contributed by atoms with Crippen molar-refractivity contribution in [3.8, 4) is 0 Å². The number of unbranched alkanes of at least 4 members (excludes halogenated alkanes) is 11. The van der Waals surface area contributed by atoms with Gasteiger partial charge in [-0.3, -0.25) is 4.79 Å². The van der Waals surface area contributed by atoms with Crippen LogP contribution in [0.15, 0.2) is 42.7 Å². The van der Waals surface area contributed by atoms with Crippen LogP contribution < -0.4 is 15.4 Å². The first kappa shape index (κ1) is 42.5. The zero-order chi connectivity index (χ0) is 37.0. The van der Waals surface area contributed by atoms with Crippen LogP contribution in [-0.2, 0) is 0 Å². The number of likely N-dealkylation sites (tertiary alicyclic amines) is 1. The van der Waals surface area contributed by atoms with Crippen LogP contribution in [0, 0.1) is 6.92 Å². The van der Waals surface area contributed by atoms with Gasteiger partial charge in [-0.2, -0.15) is 5.10 Å². The lowest BCUT2D eigenvalue weighted by molar-refractivity contribution is 0.0607.